The number of aromatic nitrogens is 4. The summed E-state index contributed by atoms with van der Waals surface area (Å²) in [7, 11) is 0. The number of carboxylic acids is 1. The Kier molecular flexibility index (Phi) is 21.3. The van der Waals surface area contributed by atoms with Gasteiger partial charge in [0.25, 0.3) is 0 Å². The molecular weight excluding hydrogens is 1090 g/mol. The zero-order chi connectivity index (χ0) is 60.3. The van der Waals surface area contributed by atoms with Crippen LogP contribution >= 0.6 is 0 Å². The first-order chi connectivity index (χ1) is 39.1. The second-order valence-electron chi connectivity index (χ2n) is 23.8. The minimum Gasteiger partial charge on any atom is -0.489 e. The number of esters is 1. The van der Waals surface area contributed by atoms with Gasteiger partial charge in [-0.1, -0.05) is 38.5 Å². The molecule has 0 saturated heterocycles. The Labute approximate surface area is 480 Å². The maximum absolute atomic E-state index is 13.8. The fourth-order valence-corrected chi connectivity index (χ4v) is 10.8. The number of anilines is 2. The highest BCUT2D eigenvalue weighted by atomic mass is 19.4. The molecule has 0 spiro atoms. The lowest BCUT2D eigenvalue weighted by molar-refractivity contribution is -0.155. The topological polar surface area (TPSA) is 200 Å². The predicted molar refractivity (Wildman–Crippen MR) is 295 cm³/mol. The lowest BCUT2D eigenvalue weighted by Crippen LogP contribution is -2.45. The van der Waals surface area contributed by atoms with E-state index >= 15 is 0 Å². The van der Waals surface area contributed by atoms with Gasteiger partial charge in [0.2, 0.25) is 11.8 Å². The number of hydrogen-bond donors (Lipinski definition) is 2. The van der Waals surface area contributed by atoms with E-state index in [0.717, 1.165) is 74.6 Å². The van der Waals surface area contributed by atoms with Crippen LogP contribution in [0, 0.1) is 11.8 Å². The lowest BCUT2D eigenvalue weighted by Gasteiger charge is -2.29. The maximum atomic E-state index is 13.8. The van der Waals surface area contributed by atoms with Crippen molar-refractivity contribution in [2.75, 3.05) is 49.1 Å². The number of aliphatic carboxylic acids is 1. The van der Waals surface area contributed by atoms with Crippen LogP contribution in [-0.4, -0.2) is 110 Å². The van der Waals surface area contributed by atoms with Gasteiger partial charge in [-0.05, 0) is 139 Å². The van der Waals surface area contributed by atoms with Gasteiger partial charge in [0.05, 0.1) is 19.4 Å². The Morgan fingerprint density at radius 3 is 1.53 bits per heavy atom. The number of alkyl halides is 6. The molecule has 0 radical (unpaired) electrons. The molecule has 2 aromatic carbocycles. The van der Waals surface area contributed by atoms with E-state index in [4.69, 9.17) is 24.1 Å². The van der Waals surface area contributed by atoms with E-state index in [1.165, 1.54) is 33.1 Å². The summed E-state index contributed by atoms with van der Waals surface area (Å²) in [5.41, 5.74) is -0.369. The standard InChI is InChI=1S/C34H47F3N4O6.C25H31F3N4O4/c1-32(2,3)46-29(43)15-16-39(31(44)47-33(4,5)6)21-28(42)41-17-14-24-18-26(12-13-27(24)41)45-22-25-20-40(38-30(25)34(35,36)37)19-23-10-8-7-9-11-23;26-25(27,28)24-19(15-31(30-24)14-17-4-2-1-3-5-17)16-36-20-6-7-21-18(12-20)9-11-32(21)22(33)13-29-10-8-23(34)35/h12-13,18,20,23H,7-11,14-17,19,21-22H2,1-6H3;6-7,12,15,17,29H,1-5,8-11,13-14,16H2,(H,34,35). The van der Waals surface area contributed by atoms with Crippen LogP contribution in [-0.2, 0) is 80.1 Å². The van der Waals surface area contributed by atoms with Crippen LogP contribution in [0.4, 0.5) is 42.5 Å². The second kappa shape index (κ2) is 27.7. The van der Waals surface area contributed by atoms with Gasteiger partial charge in [0.1, 0.15) is 42.5 Å². The number of fused-ring (bicyclic) bond motifs is 2. The molecule has 2 aromatic heterocycles. The van der Waals surface area contributed by atoms with Crippen LogP contribution in [0.15, 0.2) is 48.8 Å². The molecule has 24 heteroatoms. The number of halogens is 6. The normalized spacial score (nSPS) is 16.0. The van der Waals surface area contributed by atoms with Crippen molar-refractivity contribution in [3.63, 3.8) is 0 Å². The van der Waals surface area contributed by atoms with Crippen molar-refractivity contribution < 1.29 is 74.4 Å². The molecule has 18 nitrogen and oxygen atoms in total. The van der Waals surface area contributed by atoms with Gasteiger partial charge < -0.3 is 39.2 Å². The van der Waals surface area contributed by atoms with Crippen LogP contribution in [0.5, 0.6) is 11.5 Å². The van der Waals surface area contributed by atoms with Crippen molar-refractivity contribution >= 4 is 41.2 Å². The molecule has 83 heavy (non-hydrogen) atoms. The summed E-state index contributed by atoms with van der Waals surface area (Å²) in [6.07, 6.45) is 4.65. The number of carbonyl (C=O) groups excluding carboxylic acids is 4. The van der Waals surface area contributed by atoms with E-state index in [1.54, 1.807) is 87.7 Å². The number of carboxylic acid groups (broad SMARTS) is 1. The maximum Gasteiger partial charge on any atom is 0.435 e. The third-order valence-electron chi connectivity index (χ3n) is 14.6. The summed E-state index contributed by atoms with van der Waals surface area (Å²) in [4.78, 5) is 66.2. The monoisotopic (exact) mass is 1170 g/mol. The number of carbonyl (C=O) groups is 5. The average Bonchev–Trinajstić information content (AvgIpc) is 4.34. The zero-order valence-electron chi connectivity index (χ0n) is 48.3. The first-order valence-corrected chi connectivity index (χ1v) is 28.6. The highest BCUT2D eigenvalue weighted by Gasteiger charge is 2.39. The van der Waals surface area contributed by atoms with E-state index in [1.807, 2.05) is 0 Å². The zero-order valence-corrected chi connectivity index (χ0v) is 48.3. The summed E-state index contributed by atoms with van der Waals surface area (Å²) >= 11 is 0. The summed E-state index contributed by atoms with van der Waals surface area (Å²) in [5, 5.41) is 19.2. The SMILES string of the molecule is CC(C)(C)OC(=O)CCN(CC(=O)N1CCc2cc(OCc3cn(CC4CCCCC4)nc3C(F)(F)F)ccc21)C(=O)OC(C)(C)C.O=C(O)CCNCC(=O)N1CCc2cc(OCc3cn(CC4CCCCC4)nc3C(F)(F)F)ccc21. The van der Waals surface area contributed by atoms with Crippen LogP contribution < -0.4 is 24.6 Å². The average molecular weight is 1170 g/mol. The molecular formula is C59H78F6N8O10. The predicted octanol–water partition coefficient (Wildman–Crippen LogP) is 10.9. The summed E-state index contributed by atoms with van der Waals surface area (Å²) in [6, 6.07) is 10.1. The lowest BCUT2D eigenvalue weighted by atomic mass is 9.89. The van der Waals surface area contributed by atoms with Gasteiger partial charge in [-0.2, -0.15) is 36.5 Å². The first-order valence-electron chi connectivity index (χ1n) is 28.6. The first kappa shape index (κ1) is 63.7. The minimum atomic E-state index is -4.60. The molecule has 2 saturated carbocycles. The van der Waals surface area contributed by atoms with Crippen molar-refractivity contribution in [3.05, 3.63) is 82.4 Å². The van der Waals surface area contributed by atoms with Crippen LogP contribution in [0.2, 0.25) is 0 Å². The fourth-order valence-electron chi connectivity index (χ4n) is 10.8. The van der Waals surface area contributed by atoms with Crippen LogP contribution in [0.25, 0.3) is 0 Å². The molecule has 4 aliphatic rings. The van der Waals surface area contributed by atoms with Gasteiger partial charge in [0, 0.05) is 74.2 Å². The Hall–Kier alpha value is -6.85. The largest absolute Gasteiger partial charge is 0.489 e. The Bertz CT molecular complexity index is 2880. The van der Waals surface area contributed by atoms with Gasteiger partial charge in [-0.15, -0.1) is 0 Å². The van der Waals surface area contributed by atoms with Crippen molar-refractivity contribution in [1.29, 1.82) is 0 Å². The number of rotatable bonds is 20. The van der Waals surface area contributed by atoms with Gasteiger partial charge in [0.15, 0.2) is 11.4 Å². The Morgan fingerprint density at radius 2 is 1.10 bits per heavy atom. The number of nitrogens with one attached hydrogen (secondary N) is 1. The van der Waals surface area contributed by atoms with Crippen molar-refractivity contribution in [2.45, 2.75) is 181 Å². The van der Waals surface area contributed by atoms with Crippen molar-refractivity contribution in [3.8, 4) is 11.5 Å². The molecule has 456 valence electrons. The number of ether oxygens (including phenoxy) is 4. The van der Waals surface area contributed by atoms with Gasteiger partial charge in [-0.3, -0.25) is 33.4 Å². The van der Waals surface area contributed by atoms with Crippen LogP contribution in [0.1, 0.15) is 152 Å². The molecule has 4 heterocycles. The number of hydrogen-bond acceptors (Lipinski definition) is 12. The summed E-state index contributed by atoms with van der Waals surface area (Å²) in [6.45, 7) is 11.4. The Balaban J connectivity index is 0.000000247. The van der Waals surface area contributed by atoms with E-state index in [-0.39, 0.29) is 75.2 Å². The third kappa shape index (κ3) is 19.1. The quantitative estimate of drug-likeness (QED) is 0.0482. The number of amides is 3. The molecule has 2 aliphatic heterocycles. The van der Waals surface area contributed by atoms with Crippen molar-refractivity contribution in [1.82, 2.24) is 29.8 Å². The third-order valence-corrected chi connectivity index (χ3v) is 14.6. The molecule has 2 fully saturated rings. The summed E-state index contributed by atoms with van der Waals surface area (Å²) in [5.74, 6) is -0.509. The molecule has 2 aliphatic carbocycles. The summed E-state index contributed by atoms with van der Waals surface area (Å²) < 4.78 is 107. The van der Waals surface area contributed by atoms with E-state index in [2.05, 4.69) is 15.5 Å². The highest BCUT2D eigenvalue weighted by Crippen LogP contribution is 2.37. The van der Waals surface area contributed by atoms with Gasteiger partial charge >= 0.3 is 30.4 Å². The molecule has 0 atom stereocenters. The minimum absolute atomic E-state index is 0.00282. The van der Waals surface area contributed by atoms with E-state index < -0.39 is 53.0 Å². The molecule has 3 amide bonds. The van der Waals surface area contributed by atoms with E-state index in [0.29, 0.717) is 68.0 Å². The van der Waals surface area contributed by atoms with Crippen molar-refractivity contribution in [2.24, 2.45) is 11.8 Å². The fraction of sp³-hybridized carbons (Fsp3) is 0.610. The molecule has 4 aromatic rings. The number of nitrogens with zero attached hydrogens (tertiary/aromatic N) is 7. The molecule has 2 N–H and O–H groups in total. The van der Waals surface area contributed by atoms with Gasteiger partial charge in [-0.25, -0.2) is 4.79 Å². The Morgan fingerprint density at radius 1 is 0.639 bits per heavy atom. The van der Waals surface area contributed by atoms with E-state index in [9.17, 15) is 50.3 Å². The second-order valence-corrected chi connectivity index (χ2v) is 23.8. The number of benzene rings is 2. The highest BCUT2D eigenvalue weighted by molar-refractivity contribution is 5.98. The smallest absolute Gasteiger partial charge is 0.435 e. The molecule has 0 bridgehead atoms. The molecule has 0 unspecified atom stereocenters. The van der Waals surface area contributed by atoms with Crippen LogP contribution in [0.3, 0.4) is 0 Å². The molecule has 8 rings (SSSR count).